The van der Waals surface area contributed by atoms with E-state index in [1.165, 1.54) is 0 Å². The summed E-state index contributed by atoms with van der Waals surface area (Å²) in [6.45, 7) is 0. The van der Waals surface area contributed by atoms with Crippen LogP contribution in [-0.2, 0) is 123 Å². The van der Waals surface area contributed by atoms with Gasteiger partial charge in [-0.3, -0.25) is 0 Å². The van der Waals surface area contributed by atoms with Crippen LogP contribution in [0.25, 0.3) is 0 Å². The third-order valence-electron chi connectivity index (χ3n) is 0. The van der Waals surface area contributed by atoms with Gasteiger partial charge in [-0.15, -0.1) is 0 Å². The molecule has 0 aromatic carbocycles. The Morgan fingerprint density at radius 1 is 0.321 bits per heavy atom. The first-order valence-electron chi connectivity index (χ1n) is 2.87. The molecule has 12 nitrogen and oxygen atoms in total. The summed E-state index contributed by atoms with van der Waals surface area (Å²) in [5.74, 6) is 0. The third kappa shape index (κ3) is 1840. The van der Waals surface area contributed by atoms with Gasteiger partial charge in [-0.1, -0.05) is 108 Å². The summed E-state index contributed by atoms with van der Waals surface area (Å²) in [5.41, 5.74) is 0. The zero-order chi connectivity index (χ0) is 18.0. The van der Waals surface area contributed by atoms with Gasteiger partial charge in [-0.05, 0) is 0 Å². The van der Waals surface area contributed by atoms with Gasteiger partial charge in [-0.2, -0.15) is 0 Å². The molecule has 0 atom stereocenters. The molecule has 0 aliphatic carbocycles. The van der Waals surface area contributed by atoms with Gasteiger partial charge in [0.1, 0.15) is 0 Å². The van der Waals surface area contributed by atoms with Crippen LogP contribution in [0.2, 0.25) is 0 Å². The molecular formula is H24As4F4O12S8. The molecule has 0 spiro atoms. The van der Waals surface area contributed by atoms with Crippen LogP contribution < -0.4 is 32.8 Å². The van der Waals surface area contributed by atoms with E-state index < -0.39 is 58.6 Å². The minimum absolute atomic E-state index is 0. The first kappa shape index (κ1) is 77.0. The van der Waals surface area contributed by atoms with E-state index in [1.807, 2.05) is 0 Å². The van der Waals surface area contributed by atoms with E-state index in [9.17, 15) is 13.9 Å². The molecular weight excluding hydrogens is 824 g/mol. The van der Waals surface area contributed by atoms with Gasteiger partial charge in [0.2, 0.25) is 0 Å². The molecule has 0 heterocycles. The molecule has 28 heavy (non-hydrogen) atoms. The predicted molar refractivity (Wildman–Crippen MR) is 123 cm³/mol. The maximum Gasteiger partial charge on any atom is -0.0576 e. The van der Waals surface area contributed by atoms with Crippen LogP contribution in [0, 0.1) is 0 Å². The Kier molecular flexibility index (Phi) is 96.9. The minimum Gasteiger partial charge on any atom is -0.0576 e. The van der Waals surface area contributed by atoms with Crippen molar-refractivity contribution < 1.29 is 61.6 Å². The SMILES string of the molecule is O=[As]([O-])([O-])F.O=[As]([O-])([O-])F.O=[As]([O-])([O-])F.O=[As]([O-])([O-])F.[SH3+].[SH3+].[SH3+].[SH3+].[SH3+].[SH3+].[SH3+].[SH3+]. The molecule has 0 aromatic rings. The number of rotatable bonds is 0. The second-order valence-corrected chi connectivity index (χ2v) is 8.95. The van der Waals surface area contributed by atoms with Crippen LogP contribution in [0.3, 0.4) is 0 Å². The molecule has 0 aromatic heterocycles. The van der Waals surface area contributed by atoms with Crippen molar-refractivity contribution in [3.63, 3.8) is 0 Å². The van der Waals surface area contributed by atoms with Crippen molar-refractivity contribution >= 4 is 167 Å². The Morgan fingerprint density at radius 2 is 0.321 bits per heavy atom. The van der Waals surface area contributed by atoms with Crippen molar-refractivity contribution in [1.82, 2.24) is 0 Å². The van der Waals surface area contributed by atoms with Crippen LogP contribution in [0.5, 0.6) is 0 Å². The van der Waals surface area contributed by atoms with E-state index in [0.29, 0.717) is 0 Å². The average Bonchev–Trinajstić information content (AvgIpc) is 1.62. The fourth-order valence-corrected chi connectivity index (χ4v) is 0. The predicted octanol–water partition coefficient (Wildman–Crippen LogP) is -16.3. The molecule has 0 saturated heterocycles. The van der Waals surface area contributed by atoms with Gasteiger partial charge < -0.3 is 0 Å². The van der Waals surface area contributed by atoms with E-state index in [4.69, 9.17) is 47.7 Å². The van der Waals surface area contributed by atoms with Crippen molar-refractivity contribution in [2.24, 2.45) is 0 Å². The molecule has 0 saturated carbocycles. The van der Waals surface area contributed by atoms with Gasteiger partial charge in [0, 0.05) is 0 Å². The maximum atomic E-state index is 10.2. The maximum absolute atomic E-state index is 10.2. The van der Waals surface area contributed by atoms with Crippen LogP contribution in [0.15, 0.2) is 0 Å². The second-order valence-electron chi connectivity index (χ2n) is 1.72. The van der Waals surface area contributed by atoms with E-state index >= 15 is 0 Å². The Balaban J connectivity index is -0.0000000111. The fourth-order valence-electron chi connectivity index (χ4n) is 0. The summed E-state index contributed by atoms with van der Waals surface area (Å²) in [6.07, 6.45) is 0. The van der Waals surface area contributed by atoms with Crippen molar-refractivity contribution in [2.45, 2.75) is 0 Å². The van der Waals surface area contributed by atoms with Gasteiger partial charge in [0.05, 0.1) is 0 Å². The van der Waals surface area contributed by atoms with Crippen molar-refractivity contribution in [2.75, 3.05) is 0 Å². The normalized spacial score (nSPS) is 8.43. The molecule has 192 valence electrons. The molecule has 0 unspecified atom stereocenters. The number of hydrogen-bond donors (Lipinski definition) is 0. The zero-order valence-corrected chi connectivity index (χ0v) is 29.6. The van der Waals surface area contributed by atoms with Crippen molar-refractivity contribution in [3.8, 4) is 0 Å². The molecule has 0 aliphatic heterocycles. The standard InChI is InChI=1S/4AsFH2O3.8H2S/c4*2-1(3,4)5;;;;;;;;/h4*(H2,3,4,5);8*1H2. The van der Waals surface area contributed by atoms with E-state index in [2.05, 4.69) is 0 Å². The fraction of sp³-hybridized carbons (Fsp3) is 0. The summed E-state index contributed by atoms with van der Waals surface area (Å²) >= 11 is -24.5. The molecule has 28 heteroatoms. The van der Waals surface area contributed by atoms with Crippen LogP contribution in [0.1, 0.15) is 0 Å². The van der Waals surface area contributed by atoms with Gasteiger partial charge in [-0.25, -0.2) is 0 Å². The Hall–Kier alpha value is 3.63. The van der Waals surface area contributed by atoms with Crippen LogP contribution >= 0.6 is 0 Å². The second kappa shape index (κ2) is 35.2. The molecule has 0 N–H and O–H groups in total. The van der Waals surface area contributed by atoms with Crippen molar-refractivity contribution in [1.29, 1.82) is 0 Å². The van der Waals surface area contributed by atoms with Crippen LogP contribution in [0.4, 0.5) is 13.9 Å². The summed E-state index contributed by atoms with van der Waals surface area (Å²) in [7, 11) is 0. The van der Waals surface area contributed by atoms with Crippen molar-refractivity contribution in [3.05, 3.63) is 0 Å². The molecule has 0 bridgehead atoms. The van der Waals surface area contributed by atoms with Gasteiger partial charge in [0.15, 0.2) is 0 Å². The molecule has 0 radical (unpaired) electrons. The van der Waals surface area contributed by atoms with Gasteiger partial charge >= 0.3 is 120 Å². The molecule has 0 aliphatic rings. The molecule has 0 amide bonds. The Bertz CT molecular complexity index is 316. The first-order chi connectivity index (χ1) is 8.00. The van der Waals surface area contributed by atoms with Gasteiger partial charge in [0.25, 0.3) is 0 Å². The molecule has 0 rings (SSSR count). The largest absolute Gasteiger partial charge is 0.0576 e. The summed E-state index contributed by atoms with van der Waals surface area (Å²) in [5, 5.41) is 0. The number of halogens is 4. The van der Waals surface area contributed by atoms with Crippen LogP contribution in [-0.4, -0.2) is 58.6 Å². The summed E-state index contributed by atoms with van der Waals surface area (Å²) in [6, 6.07) is 0. The Labute approximate surface area is 225 Å². The average molecular weight is 848 g/mol. The zero-order valence-electron chi connectivity index (χ0n) is 12.8. The smallest absolute Gasteiger partial charge is 0.0576 e. The third-order valence-corrected chi connectivity index (χ3v) is 0. The van der Waals surface area contributed by atoms with E-state index in [1.54, 1.807) is 0 Å². The molecule has 0 fully saturated rings. The minimum atomic E-state index is -6.12. The first-order valence-corrected chi connectivity index (χ1v) is 14.9. The van der Waals surface area contributed by atoms with E-state index in [0.717, 1.165) is 0 Å². The quantitative estimate of drug-likeness (QED) is 0.125. The van der Waals surface area contributed by atoms with E-state index in [-0.39, 0.29) is 108 Å². The Morgan fingerprint density at radius 3 is 0.321 bits per heavy atom. The number of hydrogen-bond acceptors (Lipinski definition) is 12. The topological polar surface area (TPSA) is 253 Å². The monoisotopic (exact) mass is 848 g/mol. The summed E-state index contributed by atoms with van der Waals surface area (Å²) < 4.78 is 143. The summed E-state index contributed by atoms with van der Waals surface area (Å²) in [4.78, 5) is 0.